The predicted octanol–water partition coefficient (Wildman–Crippen LogP) is 6.62. The van der Waals surface area contributed by atoms with E-state index >= 15 is 0 Å². The molecule has 3 aromatic carbocycles. The molecular weight excluding hydrogens is 424 g/mol. The summed E-state index contributed by atoms with van der Waals surface area (Å²) >= 11 is 0. The van der Waals surface area contributed by atoms with Gasteiger partial charge in [0, 0.05) is 10.8 Å². The van der Waals surface area contributed by atoms with Crippen LogP contribution in [0.3, 0.4) is 0 Å². The van der Waals surface area contributed by atoms with Crippen LogP contribution in [0.15, 0.2) is 48.5 Å². The summed E-state index contributed by atoms with van der Waals surface area (Å²) < 4.78 is 23.3. The molecule has 34 heavy (non-hydrogen) atoms. The lowest BCUT2D eigenvalue weighted by Crippen LogP contribution is -2.50. The van der Waals surface area contributed by atoms with Crippen molar-refractivity contribution in [3.8, 4) is 23.0 Å². The molecule has 0 heterocycles. The van der Waals surface area contributed by atoms with Crippen LogP contribution in [-0.4, -0.2) is 28.4 Å². The molecule has 0 N–H and O–H groups in total. The minimum absolute atomic E-state index is 0.301. The van der Waals surface area contributed by atoms with Crippen LogP contribution in [0.25, 0.3) is 0 Å². The lowest BCUT2D eigenvalue weighted by Gasteiger charge is -2.57. The maximum atomic E-state index is 5.81. The smallest absolute Gasteiger partial charge is 0.161 e. The van der Waals surface area contributed by atoms with Gasteiger partial charge in [-0.15, -0.1) is 0 Å². The van der Waals surface area contributed by atoms with E-state index in [0.29, 0.717) is 0 Å². The van der Waals surface area contributed by atoms with Crippen molar-refractivity contribution in [2.75, 3.05) is 28.4 Å². The molecule has 0 fully saturated rings. The number of hydrogen-bond donors (Lipinski definition) is 0. The van der Waals surface area contributed by atoms with Gasteiger partial charge in [0.2, 0.25) is 0 Å². The van der Waals surface area contributed by atoms with Crippen LogP contribution in [0, 0.1) is 0 Å². The first-order valence-electron chi connectivity index (χ1n) is 12.2. The van der Waals surface area contributed by atoms with Crippen LogP contribution in [0.4, 0.5) is 0 Å². The molecular formula is C30H34O4. The topological polar surface area (TPSA) is 36.9 Å². The number of hydrogen-bond acceptors (Lipinski definition) is 4. The van der Waals surface area contributed by atoms with E-state index in [1.807, 2.05) is 0 Å². The maximum absolute atomic E-state index is 5.81. The highest BCUT2D eigenvalue weighted by Crippen LogP contribution is 2.66. The van der Waals surface area contributed by atoms with Gasteiger partial charge in [0.05, 0.1) is 28.4 Å². The number of benzene rings is 3. The van der Waals surface area contributed by atoms with Gasteiger partial charge in [-0.3, -0.25) is 0 Å². The molecule has 3 aliphatic rings. The van der Waals surface area contributed by atoms with Gasteiger partial charge >= 0.3 is 0 Å². The van der Waals surface area contributed by atoms with Crippen LogP contribution in [-0.2, 0) is 10.8 Å². The van der Waals surface area contributed by atoms with Crippen LogP contribution < -0.4 is 18.9 Å². The number of rotatable bonds is 8. The molecule has 2 bridgehead atoms. The Morgan fingerprint density at radius 2 is 0.794 bits per heavy atom. The second-order valence-corrected chi connectivity index (χ2v) is 9.36. The first kappa shape index (κ1) is 22.6. The molecule has 0 saturated heterocycles. The lowest BCUT2D eigenvalue weighted by atomic mass is 9.45. The molecule has 0 spiro atoms. The van der Waals surface area contributed by atoms with Gasteiger partial charge in [0.15, 0.2) is 23.0 Å². The molecule has 4 heteroatoms. The highest BCUT2D eigenvalue weighted by molar-refractivity contribution is 5.78. The highest BCUT2D eigenvalue weighted by Gasteiger charge is 2.58. The van der Waals surface area contributed by atoms with E-state index in [0.717, 1.165) is 48.7 Å². The molecule has 0 unspecified atom stereocenters. The van der Waals surface area contributed by atoms with Crippen molar-refractivity contribution in [1.29, 1.82) is 0 Å². The summed E-state index contributed by atoms with van der Waals surface area (Å²) in [5, 5.41) is 0. The minimum atomic E-state index is -0.301. The summed E-state index contributed by atoms with van der Waals surface area (Å²) in [6.07, 6.45) is 4.04. The Morgan fingerprint density at radius 1 is 0.500 bits per heavy atom. The SMILES string of the molecule is CCCC12c3ccccc3C(CCC)(c3cc(OC)c(OC)cc31)c1cc(OC)c(OC)cc12. The Balaban J connectivity index is 2.02. The van der Waals surface area contributed by atoms with E-state index in [1.165, 1.54) is 33.4 Å². The fourth-order valence-corrected chi connectivity index (χ4v) is 6.83. The standard InChI is InChI=1S/C30H34O4/c1-7-13-29-19-11-9-10-12-20(19)30(14-8-2,23-17-27(33-5)25(31-3)15-21(23)29)24-18-28(34-6)26(32-4)16-22(24)29/h9-12,15-18H,7-8,13-14H2,1-6H3. The highest BCUT2D eigenvalue weighted by atomic mass is 16.5. The number of ether oxygens (including phenoxy) is 4. The van der Waals surface area contributed by atoms with Gasteiger partial charge in [-0.25, -0.2) is 0 Å². The summed E-state index contributed by atoms with van der Waals surface area (Å²) in [5.74, 6) is 3.09. The van der Waals surface area contributed by atoms with E-state index in [4.69, 9.17) is 18.9 Å². The van der Waals surface area contributed by atoms with Crippen molar-refractivity contribution in [3.63, 3.8) is 0 Å². The Morgan fingerprint density at radius 3 is 1.03 bits per heavy atom. The zero-order valence-electron chi connectivity index (χ0n) is 21.1. The molecule has 6 rings (SSSR count). The van der Waals surface area contributed by atoms with Crippen molar-refractivity contribution < 1.29 is 18.9 Å². The molecule has 0 aliphatic heterocycles. The monoisotopic (exact) mass is 458 g/mol. The summed E-state index contributed by atoms with van der Waals surface area (Å²) in [7, 11) is 6.87. The maximum Gasteiger partial charge on any atom is 0.161 e. The first-order valence-corrected chi connectivity index (χ1v) is 12.2. The molecule has 3 aromatic rings. The van der Waals surface area contributed by atoms with Gasteiger partial charge < -0.3 is 18.9 Å². The van der Waals surface area contributed by atoms with Crippen LogP contribution >= 0.6 is 0 Å². The minimum Gasteiger partial charge on any atom is -0.493 e. The van der Waals surface area contributed by atoms with Gasteiger partial charge in [-0.05, 0) is 70.5 Å². The molecule has 0 saturated carbocycles. The van der Waals surface area contributed by atoms with Crippen molar-refractivity contribution in [2.45, 2.75) is 50.4 Å². The zero-order chi connectivity index (χ0) is 24.1. The lowest BCUT2D eigenvalue weighted by molar-refractivity contribution is 0.340. The fourth-order valence-electron chi connectivity index (χ4n) is 6.83. The Hall–Kier alpha value is -3.14. The molecule has 178 valence electrons. The number of methoxy groups -OCH3 is 4. The van der Waals surface area contributed by atoms with Gasteiger partial charge in [0.25, 0.3) is 0 Å². The van der Waals surface area contributed by atoms with E-state index in [-0.39, 0.29) is 10.8 Å². The van der Waals surface area contributed by atoms with Gasteiger partial charge in [-0.2, -0.15) is 0 Å². The first-order chi connectivity index (χ1) is 16.6. The summed E-state index contributed by atoms with van der Waals surface area (Å²) in [5.41, 5.74) is 7.46. The van der Waals surface area contributed by atoms with Crippen LogP contribution in [0.2, 0.25) is 0 Å². The van der Waals surface area contributed by atoms with E-state index in [9.17, 15) is 0 Å². The molecule has 4 nitrogen and oxygen atoms in total. The molecule has 3 aliphatic carbocycles. The third kappa shape index (κ3) is 2.65. The van der Waals surface area contributed by atoms with Crippen molar-refractivity contribution in [3.05, 3.63) is 81.9 Å². The average Bonchev–Trinajstić information content (AvgIpc) is 2.88. The quantitative estimate of drug-likeness (QED) is 0.380. The Labute approximate surface area is 202 Å². The molecule has 0 radical (unpaired) electrons. The summed E-state index contributed by atoms with van der Waals surface area (Å²) in [4.78, 5) is 0. The zero-order valence-corrected chi connectivity index (χ0v) is 21.1. The van der Waals surface area contributed by atoms with Crippen molar-refractivity contribution in [1.82, 2.24) is 0 Å². The molecule has 0 amide bonds. The van der Waals surface area contributed by atoms with Gasteiger partial charge in [0.1, 0.15) is 0 Å². The van der Waals surface area contributed by atoms with Crippen molar-refractivity contribution in [2.24, 2.45) is 0 Å². The molecule has 0 aromatic heterocycles. The van der Waals surface area contributed by atoms with E-state index in [1.54, 1.807) is 28.4 Å². The normalized spacial score (nSPS) is 21.4. The van der Waals surface area contributed by atoms with Crippen LogP contribution in [0.1, 0.15) is 72.9 Å². The van der Waals surface area contributed by atoms with E-state index < -0.39 is 0 Å². The molecule has 0 atom stereocenters. The third-order valence-corrected chi connectivity index (χ3v) is 7.98. The second-order valence-electron chi connectivity index (χ2n) is 9.36. The van der Waals surface area contributed by atoms with Crippen molar-refractivity contribution >= 4 is 0 Å². The average molecular weight is 459 g/mol. The largest absolute Gasteiger partial charge is 0.493 e. The van der Waals surface area contributed by atoms with E-state index in [2.05, 4.69) is 62.4 Å². The Bertz CT molecular complexity index is 1080. The summed E-state index contributed by atoms with van der Waals surface area (Å²) in [6.45, 7) is 4.53. The van der Waals surface area contributed by atoms with Gasteiger partial charge in [-0.1, -0.05) is 51.0 Å². The predicted molar refractivity (Wildman–Crippen MR) is 135 cm³/mol. The third-order valence-electron chi connectivity index (χ3n) is 7.98. The van der Waals surface area contributed by atoms with Crippen LogP contribution in [0.5, 0.6) is 23.0 Å². The second kappa shape index (κ2) is 8.26. The Kier molecular flexibility index (Phi) is 5.50. The fraction of sp³-hybridized carbons (Fsp3) is 0.400. The summed E-state index contributed by atoms with van der Waals surface area (Å²) in [6, 6.07) is 17.9.